The first-order chi connectivity index (χ1) is 8.41. The maximum Gasteiger partial charge on any atom is 0.261 e. The Balaban J connectivity index is 2.30. The van der Waals surface area contributed by atoms with Crippen LogP contribution in [0.4, 0.5) is 5.69 Å². The van der Waals surface area contributed by atoms with E-state index in [1.165, 1.54) is 11.3 Å². The number of nitrogen functional groups attached to an aromatic ring is 1. The Hall–Kier alpha value is -1.07. The van der Waals surface area contributed by atoms with Gasteiger partial charge in [0.25, 0.3) is 5.91 Å². The molecule has 0 aliphatic carbocycles. The highest BCUT2D eigenvalue weighted by atomic mass is 32.1. The topological polar surface area (TPSA) is 58.4 Å². The van der Waals surface area contributed by atoms with E-state index >= 15 is 0 Å². The highest BCUT2D eigenvalue weighted by Crippen LogP contribution is 2.22. The standard InChI is InChI=1S/C13H23N3OS/c1-9(2)16(4)7-5-6-15-13(17)12-8-11(14)10(3)18-12/h8-9H,5-7,14H2,1-4H3,(H,15,17). The number of hydrogen-bond acceptors (Lipinski definition) is 4. The number of anilines is 1. The molecule has 1 aromatic rings. The fourth-order valence-corrected chi connectivity index (χ4v) is 2.34. The van der Waals surface area contributed by atoms with Gasteiger partial charge in [-0.05, 0) is 46.9 Å². The second-order valence-corrected chi connectivity index (χ2v) is 6.06. The zero-order valence-corrected chi connectivity index (χ0v) is 12.4. The Bertz CT molecular complexity index is 381. The van der Waals surface area contributed by atoms with E-state index in [1.807, 2.05) is 6.92 Å². The molecule has 0 radical (unpaired) electrons. The van der Waals surface area contributed by atoms with Gasteiger partial charge in [0, 0.05) is 23.2 Å². The minimum Gasteiger partial charge on any atom is -0.398 e. The van der Waals surface area contributed by atoms with Crippen LogP contribution in [0.15, 0.2) is 6.07 Å². The third-order valence-electron chi connectivity index (χ3n) is 3.03. The molecule has 1 aromatic heterocycles. The van der Waals surface area contributed by atoms with E-state index in [2.05, 4.69) is 31.1 Å². The molecule has 0 spiro atoms. The largest absolute Gasteiger partial charge is 0.398 e. The lowest BCUT2D eigenvalue weighted by atomic mass is 10.3. The van der Waals surface area contributed by atoms with Crippen molar-refractivity contribution in [1.29, 1.82) is 0 Å². The zero-order chi connectivity index (χ0) is 13.7. The number of hydrogen-bond donors (Lipinski definition) is 2. The van der Waals surface area contributed by atoms with E-state index in [1.54, 1.807) is 6.07 Å². The summed E-state index contributed by atoms with van der Waals surface area (Å²) in [5.74, 6) is -0.0213. The van der Waals surface area contributed by atoms with Crippen LogP contribution in [0.3, 0.4) is 0 Å². The van der Waals surface area contributed by atoms with Crippen LogP contribution < -0.4 is 11.1 Å². The van der Waals surface area contributed by atoms with Crippen LogP contribution >= 0.6 is 11.3 Å². The van der Waals surface area contributed by atoms with Crippen LogP contribution in [0.2, 0.25) is 0 Å². The van der Waals surface area contributed by atoms with Gasteiger partial charge >= 0.3 is 0 Å². The first-order valence-corrected chi connectivity index (χ1v) is 7.07. The van der Waals surface area contributed by atoms with Crippen molar-refractivity contribution in [3.05, 3.63) is 15.8 Å². The second kappa shape index (κ2) is 6.75. The third kappa shape index (κ3) is 4.31. The third-order valence-corrected chi connectivity index (χ3v) is 4.10. The summed E-state index contributed by atoms with van der Waals surface area (Å²) in [6.07, 6.45) is 0.959. The van der Waals surface area contributed by atoms with Crippen molar-refractivity contribution >= 4 is 22.9 Å². The molecular weight excluding hydrogens is 246 g/mol. The predicted molar refractivity (Wildman–Crippen MR) is 78.2 cm³/mol. The van der Waals surface area contributed by atoms with Gasteiger partial charge in [-0.3, -0.25) is 4.79 Å². The van der Waals surface area contributed by atoms with Crippen molar-refractivity contribution < 1.29 is 4.79 Å². The van der Waals surface area contributed by atoms with Crippen molar-refractivity contribution in [3.63, 3.8) is 0 Å². The summed E-state index contributed by atoms with van der Waals surface area (Å²) in [7, 11) is 2.09. The maximum absolute atomic E-state index is 11.8. The molecule has 0 aliphatic heterocycles. The van der Waals surface area contributed by atoms with E-state index in [9.17, 15) is 4.79 Å². The summed E-state index contributed by atoms with van der Waals surface area (Å²) in [6.45, 7) is 7.94. The monoisotopic (exact) mass is 269 g/mol. The number of amides is 1. The van der Waals surface area contributed by atoms with Gasteiger partial charge < -0.3 is 16.0 Å². The van der Waals surface area contributed by atoms with Gasteiger partial charge in [-0.25, -0.2) is 0 Å². The molecule has 4 nitrogen and oxygen atoms in total. The number of thiophene rings is 1. The molecule has 0 atom stereocenters. The van der Waals surface area contributed by atoms with E-state index < -0.39 is 0 Å². The average Bonchev–Trinajstić information content (AvgIpc) is 2.64. The van der Waals surface area contributed by atoms with Crippen molar-refractivity contribution in [2.24, 2.45) is 0 Å². The highest BCUT2D eigenvalue weighted by Gasteiger charge is 2.10. The Morgan fingerprint density at radius 2 is 2.22 bits per heavy atom. The molecule has 0 saturated carbocycles. The first kappa shape index (κ1) is 15.0. The molecule has 1 amide bonds. The average molecular weight is 269 g/mol. The van der Waals surface area contributed by atoms with Crippen molar-refractivity contribution in [1.82, 2.24) is 10.2 Å². The minimum absolute atomic E-state index is 0.0213. The van der Waals surface area contributed by atoms with Crippen LogP contribution in [-0.2, 0) is 0 Å². The Kier molecular flexibility index (Phi) is 5.62. The molecule has 1 heterocycles. The number of nitrogens with one attached hydrogen (secondary N) is 1. The molecule has 102 valence electrons. The number of aryl methyl sites for hydroxylation is 1. The molecule has 0 fully saturated rings. The normalized spacial score (nSPS) is 11.2. The van der Waals surface area contributed by atoms with Crippen LogP contribution in [-0.4, -0.2) is 37.0 Å². The summed E-state index contributed by atoms with van der Waals surface area (Å²) >= 11 is 1.44. The first-order valence-electron chi connectivity index (χ1n) is 6.26. The summed E-state index contributed by atoms with van der Waals surface area (Å²) in [4.78, 5) is 15.8. The fourth-order valence-electron chi connectivity index (χ4n) is 1.48. The molecule has 18 heavy (non-hydrogen) atoms. The lowest BCUT2D eigenvalue weighted by Crippen LogP contribution is -2.31. The lowest BCUT2D eigenvalue weighted by molar-refractivity contribution is 0.0955. The molecule has 0 aromatic carbocycles. The molecule has 0 aliphatic rings. The summed E-state index contributed by atoms with van der Waals surface area (Å²) < 4.78 is 0. The molecule has 5 heteroatoms. The van der Waals surface area contributed by atoms with Gasteiger partial charge in [0.2, 0.25) is 0 Å². The lowest BCUT2D eigenvalue weighted by Gasteiger charge is -2.20. The minimum atomic E-state index is -0.0213. The molecule has 0 unspecified atom stereocenters. The molecule has 0 saturated heterocycles. The molecule has 0 bridgehead atoms. The number of rotatable bonds is 6. The molecular formula is C13H23N3OS. The van der Waals surface area contributed by atoms with Crippen molar-refractivity contribution in [3.8, 4) is 0 Å². The van der Waals surface area contributed by atoms with Crippen molar-refractivity contribution in [2.75, 3.05) is 25.9 Å². The van der Waals surface area contributed by atoms with E-state index in [-0.39, 0.29) is 5.91 Å². The zero-order valence-electron chi connectivity index (χ0n) is 11.6. The highest BCUT2D eigenvalue weighted by molar-refractivity contribution is 7.14. The predicted octanol–water partition coefficient (Wildman–Crippen LogP) is 2.10. The molecule has 1 rings (SSSR count). The fraction of sp³-hybridized carbons (Fsp3) is 0.615. The van der Waals surface area contributed by atoms with Crippen LogP contribution in [0.1, 0.15) is 34.8 Å². The SMILES string of the molecule is Cc1sc(C(=O)NCCCN(C)C(C)C)cc1N. The van der Waals surface area contributed by atoms with Gasteiger partial charge in [-0.2, -0.15) is 0 Å². The summed E-state index contributed by atoms with van der Waals surface area (Å²) in [5.41, 5.74) is 6.43. The number of carbonyl (C=O) groups excluding carboxylic acids is 1. The van der Waals surface area contributed by atoms with Gasteiger partial charge in [0.05, 0.1) is 4.88 Å². The number of carbonyl (C=O) groups is 1. The van der Waals surface area contributed by atoms with Gasteiger partial charge in [0.15, 0.2) is 0 Å². The maximum atomic E-state index is 11.8. The Labute approximate surface area is 113 Å². The van der Waals surface area contributed by atoms with Crippen molar-refractivity contribution in [2.45, 2.75) is 33.2 Å². The Morgan fingerprint density at radius 1 is 1.56 bits per heavy atom. The van der Waals surface area contributed by atoms with Gasteiger partial charge in [-0.15, -0.1) is 11.3 Å². The summed E-state index contributed by atoms with van der Waals surface area (Å²) in [6, 6.07) is 2.29. The smallest absolute Gasteiger partial charge is 0.261 e. The Morgan fingerprint density at radius 3 is 2.72 bits per heavy atom. The van der Waals surface area contributed by atoms with Gasteiger partial charge in [-0.1, -0.05) is 0 Å². The van der Waals surface area contributed by atoms with Gasteiger partial charge in [0.1, 0.15) is 0 Å². The van der Waals surface area contributed by atoms with Crippen LogP contribution in [0, 0.1) is 6.92 Å². The number of nitrogens with two attached hydrogens (primary N) is 1. The summed E-state index contributed by atoms with van der Waals surface area (Å²) in [5, 5.41) is 2.92. The van der Waals surface area contributed by atoms with E-state index in [0.29, 0.717) is 23.2 Å². The number of nitrogens with zero attached hydrogens (tertiary/aromatic N) is 1. The second-order valence-electron chi connectivity index (χ2n) is 4.81. The van der Waals surface area contributed by atoms with E-state index in [4.69, 9.17) is 5.73 Å². The van der Waals surface area contributed by atoms with Crippen LogP contribution in [0.25, 0.3) is 0 Å². The van der Waals surface area contributed by atoms with E-state index in [0.717, 1.165) is 17.8 Å². The van der Waals surface area contributed by atoms with Crippen LogP contribution in [0.5, 0.6) is 0 Å². The quantitative estimate of drug-likeness (QED) is 0.778. The molecule has 3 N–H and O–H groups in total.